The summed E-state index contributed by atoms with van der Waals surface area (Å²) in [5, 5.41) is 2.88. The number of rotatable bonds is 1. The average molecular weight is 394 g/mol. The van der Waals surface area contributed by atoms with Crippen LogP contribution in [0.15, 0.2) is 56.4 Å². The van der Waals surface area contributed by atoms with Gasteiger partial charge in [-0.05, 0) is 24.3 Å². The summed E-state index contributed by atoms with van der Waals surface area (Å²) in [4.78, 5) is 16.2. The Bertz CT molecular complexity index is 726. The molecule has 0 spiro atoms. The van der Waals surface area contributed by atoms with Crippen molar-refractivity contribution in [3.8, 4) is 0 Å². The fourth-order valence-corrected chi connectivity index (χ4v) is 2.96. The molecule has 0 bridgehead atoms. The number of fused-ring (bicyclic) bond motifs is 1. The highest BCUT2D eigenvalue weighted by Gasteiger charge is 2.19. The molecular weight excluding hydrogens is 384 g/mol. The normalized spacial score (nSPS) is 14.1. The minimum atomic E-state index is -0.101. The van der Waals surface area contributed by atoms with Crippen LogP contribution in [0, 0.1) is 0 Å². The number of amides is 1. The number of benzodiazepines with no additional fused rings is 1. The number of nitrogens with zero attached hydrogens (tertiary/aromatic N) is 1. The van der Waals surface area contributed by atoms with Gasteiger partial charge in [0.1, 0.15) is 6.54 Å². The average Bonchev–Trinajstić information content (AvgIpc) is 2.58. The van der Waals surface area contributed by atoms with Crippen LogP contribution < -0.4 is 5.32 Å². The fourth-order valence-electron chi connectivity index (χ4n) is 2.13. The van der Waals surface area contributed by atoms with E-state index in [-0.39, 0.29) is 12.5 Å². The van der Waals surface area contributed by atoms with Crippen molar-refractivity contribution in [3.63, 3.8) is 0 Å². The van der Waals surface area contributed by atoms with E-state index in [4.69, 9.17) is 0 Å². The lowest BCUT2D eigenvalue weighted by molar-refractivity contribution is -0.114. The number of anilines is 1. The van der Waals surface area contributed by atoms with Crippen LogP contribution in [0.4, 0.5) is 5.69 Å². The molecule has 3 nitrogen and oxygen atoms in total. The lowest BCUT2D eigenvalue weighted by Crippen LogP contribution is -2.13. The minimum Gasteiger partial charge on any atom is -0.324 e. The van der Waals surface area contributed by atoms with Crippen molar-refractivity contribution < 1.29 is 4.79 Å². The van der Waals surface area contributed by atoms with Gasteiger partial charge in [-0.1, -0.05) is 50.1 Å². The summed E-state index contributed by atoms with van der Waals surface area (Å²) in [6, 6.07) is 13.6. The highest BCUT2D eigenvalue weighted by molar-refractivity contribution is 9.10. The Morgan fingerprint density at radius 3 is 2.65 bits per heavy atom. The van der Waals surface area contributed by atoms with Gasteiger partial charge in [0.25, 0.3) is 0 Å². The van der Waals surface area contributed by atoms with Crippen molar-refractivity contribution in [1.29, 1.82) is 0 Å². The molecule has 1 aliphatic heterocycles. The molecule has 0 fully saturated rings. The number of halogens is 2. The zero-order valence-corrected chi connectivity index (χ0v) is 13.5. The quantitative estimate of drug-likeness (QED) is 0.781. The Labute approximate surface area is 133 Å². The van der Waals surface area contributed by atoms with Crippen molar-refractivity contribution in [2.75, 3.05) is 11.9 Å². The van der Waals surface area contributed by atoms with Crippen LogP contribution in [-0.2, 0) is 4.79 Å². The molecule has 1 heterocycles. The lowest BCUT2D eigenvalue weighted by Gasteiger charge is -2.11. The summed E-state index contributed by atoms with van der Waals surface area (Å²) >= 11 is 7.02. The van der Waals surface area contributed by atoms with Crippen LogP contribution in [0.25, 0.3) is 0 Å². The van der Waals surface area contributed by atoms with Crippen molar-refractivity contribution in [3.05, 3.63) is 62.5 Å². The molecule has 0 aliphatic carbocycles. The Morgan fingerprint density at radius 1 is 1.05 bits per heavy atom. The maximum Gasteiger partial charge on any atom is 0.246 e. The van der Waals surface area contributed by atoms with Crippen molar-refractivity contribution in [2.45, 2.75) is 0 Å². The summed E-state index contributed by atoms with van der Waals surface area (Å²) in [6.45, 7) is 0.128. The highest BCUT2D eigenvalue weighted by atomic mass is 79.9. The first-order chi connectivity index (χ1) is 9.65. The standard InChI is InChI=1S/C15H10Br2N2O/c16-9-5-6-13-11(7-9)15(18-8-14(20)19-13)10-3-1-2-4-12(10)17/h1-7H,8H2,(H,19,20). The number of nitrogens with one attached hydrogen (secondary N) is 1. The number of hydrogen-bond donors (Lipinski definition) is 1. The molecule has 3 rings (SSSR count). The molecule has 0 aromatic heterocycles. The molecule has 2 aromatic rings. The van der Waals surface area contributed by atoms with Crippen LogP contribution in [0.1, 0.15) is 11.1 Å². The Kier molecular flexibility index (Phi) is 3.72. The SMILES string of the molecule is O=C1CN=C(c2ccccc2Br)c2cc(Br)ccc2N1. The van der Waals surface area contributed by atoms with Gasteiger partial charge in [0, 0.05) is 20.1 Å². The first kappa shape index (κ1) is 13.5. The third kappa shape index (κ3) is 2.55. The van der Waals surface area contributed by atoms with Crippen LogP contribution in [0.5, 0.6) is 0 Å². The van der Waals surface area contributed by atoms with Crippen LogP contribution in [0.2, 0.25) is 0 Å². The van der Waals surface area contributed by atoms with Gasteiger partial charge >= 0.3 is 0 Å². The van der Waals surface area contributed by atoms with Gasteiger partial charge in [0.15, 0.2) is 0 Å². The van der Waals surface area contributed by atoms with Gasteiger partial charge in [-0.3, -0.25) is 9.79 Å². The molecule has 0 atom stereocenters. The van der Waals surface area contributed by atoms with Gasteiger partial charge in [0.2, 0.25) is 5.91 Å². The topological polar surface area (TPSA) is 41.5 Å². The largest absolute Gasteiger partial charge is 0.324 e. The number of hydrogen-bond acceptors (Lipinski definition) is 2. The molecule has 1 amide bonds. The summed E-state index contributed by atoms with van der Waals surface area (Å²) in [5.74, 6) is -0.101. The van der Waals surface area contributed by atoms with E-state index < -0.39 is 0 Å². The fraction of sp³-hybridized carbons (Fsp3) is 0.0667. The second-order valence-electron chi connectivity index (χ2n) is 4.38. The Morgan fingerprint density at radius 2 is 1.85 bits per heavy atom. The van der Waals surface area contributed by atoms with Crippen LogP contribution in [-0.4, -0.2) is 18.2 Å². The molecule has 1 aliphatic rings. The molecule has 1 N–H and O–H groups in total. The number of benzene rings is 2. The van der Waals surface area contributed by atoms with E-state index in [1.165, 1.54) is 0 Å². The number of carbonyl (C=O) groups excluding carboxylic acids is 1. The molecule has 100 valence electrons. The zero-order chi connectivity index (χ0) is 14.1. The monoisotopic (exact) mass is 392 g/mol. The predicted octanol–water partition coefficient (Wildman–Crippen LogP) is 4.00. The molecule has 0 radical (unpaired) electrons. The van der Waals surface area contributed by atoms with Gasteiger partial charge < -0.3 is 5.32 Å². The first-order valence-corrected chi connectivity index (χ1v) is 7.63. The predicted molar refractivity (Wildman–Crippen MR) is 87.4 cm³/mol. The van der Waals surface area contributed by atoms with E-state index in [9.17, 15) is 4.79 Å². The van der Waals surface area contributed by atoms with Crippen molar-refractivity contribution in [1.82, 2.24) is 0 Å². The molecule has 0 saturated heterocycles. The number of aliphatic imine (C=N–C) groups is 1. The van der Waals surface area contributed by atoms with Crippen molar-refractivity contribution >= 4 is 49.2 Å². The van der Waals surface area contributed by atoms with E-state index in [1.807, 2.05) is 42.5 Å². The molecule has 0 saturated carbocycles. The van der Waals surface area contributed by atoms with E-state index in [0.29, 0.717) is 0 Å². The summed E-state index contributed by atoms with van der Waals surface area (Å²) in [6.07, 6.45) is 0. The third-order valence-electron chi connectivity index (χ3n) is 3.02. The van der Waals surface area contributed by atoms with Gasteiger partial charge in [-0.15, -0.1) is 0 Å². The lowest BCUT2D eigenvalue weighted by atomic mass is 10.0. The molecule has 5 heteroatoms. The molecule has 2 aromatic carbocycles. The first-order valence-electron chi connectivity index (χ1n) is 6.04. The van der Waals surface area contributed by atoms with Gasteiger partial charge in [-0.2, -0.15) is 0 Å². The van der Waals surface area contributed by atoms with E-state index in [1.54, 1.807) is 0 Å². The molecular formula is C15H10Br2N2O. The highest BCUT2D eigenvalue weighted by Crippen LogP contribution is 2.28. The maximum atomic E-state index is 11.8. The summed E-state index contributed by atoms with van der Waals surface area (Å²) in [5.41, 5.74) is 3.48. The van der Waals surface area contributed by atoms with E-state index >= 15 is 0 Å². The Balaban J connectivity index is 2.23. The second-order valence-corrected chi connectivity index (χ2v) is 6.15. The van der Waals surface area contributed by atoms with E-state index in [2.05, 4.69) is 42.2 Å². The van der Waals surface area contributed by atoms with Gasteiger partial charge in [-0.25, -0.2) is 0 Å². The zero-order valence-electron chi connectivity index (χ0n) is 10.4. The molecule has 20 heavy (non-hydrogen) atoms. The molecule has 0 unspecified atom stereocenters. The Hall–Kier alpha value is -1.46. The van der Waals surface area contributed by atoms with Crippen molar-refractivity contribution in [2.24, 2.45) is 4.99 Å². The van der Waals surface area contributed by atoms with Gasteiger partial charge in [0.05, 0.1) is 11.4 Å². The third-order valence-corrected chi connectivity index (χ3v) is 4.21. The van der Waals surface area contributed by atoms with Crippen LogP contribution in [0.3, 0.4) is 0 Å². The smallest absolute Gasteiger partial charge is 0.246 e. The summed E-state index contributed by atoms with van der Waals surface area (Å²) < 4.78 is 1.91. The van der Waals surface area contributed by atoms with Crippen LogP contribution >= 0.6 is 31.9 Å². The summed E-state index contributed by atoms with van der Waals surface area (Å²) in [7, 11) is 0. The number of carbonyl (C=O) groups is 1. The maximum absolute atomic E-state index is 11.8. The van der Waals surface area contributed by atoms with E-state index in [0.717, 1.165) is 31.5 Å². The minimum absolute atomic E-state index is 0.101. The second kappa shape index (κ2) is 5.50.